The van der Waals surface area contributed by atoms with Gasteiger partial charge in [-0.15, -0.1) is 0 Å². The normalized spacial score (nSPS) is 10.3. The highest BCUT2D eigenvalue weighted by Crippen LogP contribution is 2.27. The molecule has 27 heavy (non-hydrogen) atoms. The molecule has 0 aliphatic heterocycles. The summed E-state index contributed by atoms with van der Waals surface area (Å²) >= 11 is 11.8. The molecule has 6 heteroatoms. The van der Waals surface area contributed by atoms with Crippen molar-refractivity contribution in [2.45, 2.75) is 6.61 Å². The number of rotatable bonds is 7. The minimum atomic E-state index is -0.543. The number of halogens is 2. The van der Waals surface area contributed by atoms with Gasteiger partial charge in [0, 0.05) is 5.02 Å². The van der Waals surface area contributed by atoms with Gasteiger partial charge in [-0.05, 0) is 48.0 Å². The summed E-state index contributed by atoms with van der Waals surface area (Å²) in [5.41, 5.74) is 1.08. The third-order valence-corrected chi connectivity index (χ3v) is 4.07. The molecule has 0 aliphatic carbocycles. The van der Waals surface area contributed by atoms with Crippen molar-refractivity contribution in [2.24, 2.45) is 0 Å². The van der Waals surface area contributed by atoms with Crippen LogP contribution in [0.2, 0.25) is 10.0 Å². The van der Waals surface area contributed by atoms with Crippen LogP contribution in [0.25, 0.3) is 0 Å². The second kappa shape index (κ2) is 9.31. The predicted molar refractivity (Wildman–Crippen MR) is 105 cm³/mol. The second-order valence-electron chi connectivity index (χ2n) is 5.58. The van der Waals surface area contributed by atoms with E-state index in [1.54, 1.807) is 36.4 Å². The number of ether oxygens (including phenoxy) is 3. The van der Waals surface area contributed by atoms with Gasteiger partial charge in [-0.2, -0.15) is 0 Å². The Bertz CT molecular complexity index is 896. The van der Waals surface area contributed by atoms with E-state index < -0.39 is 5.97 Å². The van der Waals surface area contributed by atoms with Gasteiger partial charge in [0.1, 0.15) is 23.9 Å². The molecule has 0 bridgehead atoms. The molecule has 0 spiro atoms. The van der Waals surface area contributed by atoms with Crippen LogP contribution in [0.4, 0.5) is 0 Å². The predicted octanol–water partition coefficient (Wildman–Crippen LogP) is 5.56. The van der Waals surface area contributed by atoms with Gasteiger partial charge in [0.25, 0.3) is 0 Å². The number of benzene rings is 3. The Morgan fingerprint density at radius 3 is 2.22 bits per heavy atom. The molecule has 0 heterocycles. The average Bonchev–Trinajstić information content (AvgIpc) is 2.67. The smallest absolute Gasteiger partial charge is 0.349 e. The van der Waals surface area contributed by atoms with E-state index in [1.807, 2.05) is 30.3 Å². The molecule has 0 saturated heterocycles. The van der Waals surface area contributed by atoms with E-state index in [9.17, 15) is 4.79 Å². The summed E-state index contributed by atoms with van der Waals surface area (Å²) in [6, 6.07) is 21.4. The van der Waals surface area contributed by atoms with Gasteiger partial charge in [-0.3, -0.25) is 0 Å². The highest BCUT2D eigenvalue weighted by molar-refractivity contribution is 6.35. The van der Waals surface area contributed by atoms with Gasteiger partial charge >= 0.3 is 5.97 Å². The van der Waals surface area contributed by atoms with Crippen LogP contribution in [0, 0.1) is 0 Å². The quantitative estimate of drug-likeness (QED) is 0.383. The van der Waals surface area contributed by atoms with E-state index >= 15 is 0 Å². The van der Waals surface area contributed by atoms with Gasteiger partial charge in [0.05, 0.1) is 5.02 Å². The van der Waals surface area contributed by atoms with Gasteiger partial charge in [0.2, 0.25) is 0 Å². The van der Waals surface area contributed by atoms with Gasteiger partial charge < -0.3 is 14.2 Å². The zero-order valence-corrected chi connectivity index (χ0v) is 15.7. The number of carbonyl (C=O) groups is 1. The number of hydrogen-bond acceptors (Lipinski definition) is 4. The lowest BCUT2D eigenvalue weighted by Crippen LogP contribution is -2.17. The molecule has 4 nitrogen and oxygen atoms in total. The molecule has 0 aromatic heterocycles. The van der Waals surface area contributed by atoms with Crippen molar-refractivity contribution in [3.05, 3.63) is 88.4 Å². The summed E-state index contributed by atoms with van der Waals surface area (Å²) < 4.78 is 16.3. The van der Waals surface area contributed by atoms with Crippen molar-refractivity contribution < 1.29 is 19.0 Å². The molecule has 0 N–H and O–H groups in total. The number of hydrogen-bond donors (Lipinski definition) is 0. The summed E-state index contributed by atoms with van der Waals surface area (Å²) in [6.45, 7) is 0.198. The Hall–Kier alpha value is -2.69. The molecule has 0 aliphatic rings. The molecule has 0 unspecified atom stereocenters. The van der Waals surface area contributed by atoms with Crippen LogP contribution >= 0.6 is 23.2 Å². The van der Waals surface area contributed by atoms with Crippen LogP contribution in [-0.4, -0.2) is 12.6 Å². The Labute approximate surface area is 167 Å². The van der Waals surface area contributed by atoms with Crippen LogP contribution in [0.5, 0.6) is 17.2 Å². The summed E-state index contributed by atoms with van der Waals surface area (Å²) in [5, 5.41) is 0.819. The lowest BCUT2D eigenvalue weighted by atomic mass is 10.2. The second-order valence-corrected chi connectivity index (χ2v) is 6.43. The van der Waals surface area contributed by atoms with Crippen LogP contribution in [0.3, 0.4) is 0 Å². The topological polar surface area (TPSA) is 44.8 Å². The summed E-state index contributed by atoms with van der Waals surface area (Å²) in [4.78, 5) is 11.9. The molecule has 3 aromatic rings. The molecule has 0 radical (unpaired) electrons. The largest absolute Gasteiger partial charge is 0.489 e. The molecular weight excluding hydrogens is 387 g/mol. The molecule has 3 aromatic carbocycles. The van der Waals surface area contributed by atoms with Gasteiger partial charge in [-0.1, -0.05) is 53.5 Å². The zero-order chi connectivity index (χ0) is 19.1. The fraction of sp³-hybridized carbons (Fsp3) is 0.0952. The Balaban J connectivity index is 1.48. The van der Waals surface area contributed by atoms with Crippen molar-refractivity contribution in [3.63, 3.8) is 0 Å². The zero-order valence-electron chi connectivity index (χ0n) is 14.2. The van der Waals surface area contributed by atoms with Crippen molar-refractivity contribution >= 4 is 29.2 Å². The van der Waals surface area contributed by atoms with Crippen molar-refractivity contribution in [2.75, 3.05) is 6.61 Å². The van der Waals surface area contributed by atoms with E-state index in [-0.39, 0.29) is 6.61 Å². The maximum absolute atomic E-state index is 11.9. The molecule has 138 valence electrons. The molecular formula is C21H16Cl2O4. The summed E-state index contributed by atoms with van der Waals surface area (Å²) in [6.07, 6.45) is 0. The van der Waals surface area contributed by atoms with E-state index in [2.05, 4.69) is 0 Å². The lowest BCUT2D eigenvalue weighted by molar-refractivity contribution is -0.136. The number of carbonyl (C=O) groups excluding carboxylic acids is 1. The highest BCUT2D eigenvalue weighted by atomic mass is 35.5. The van der Waals surface area contributed by atoms with E-state index in [0.717, 1.165) is 5.56 Å². The van der Waals surface area contributed by atoms with Crippen LogP contribution in [-0.2, 0) is 11.4 Å². The Morgan fingerprint density at radius 1 is 0.815 bits per heavy atom. The lowest BCUT2D eigenvalue weighted by Gasteiger charge is -2.09. The van der Waals surface area contributed by atoms with Crippen LogP contribution < -0.4 is 14.2 Å². The van der Waals surface area contributed by atoms with Gasteiger partial charge in [0.15, 0.2) is 6.61 Å². The van der Waals surface area contributed by atoms with Crippen LogP contribution in [0.1, 0.15) is 5.56 Å². The SMILES string of the molecule is O=C(COc1ccc(Cl)cc1Cl)Oc1ccc(OCc2ccccc2)cc1. The first-order valence-electron chi connectivity index (χ1n) is 8.15. The molecule has 0 atom stereocenters. The van der Waals surface area contributed by atoms with Crippen LogP contribution in [0.15, 0.2) is 72.8 Å². The Kier molecular flexibility index (Phi) is 6.58. The first-order chi connectivity index (χ1) is 13.1. The van der Waals surface area contributed by atoms with Crippen molar-refractivity contribution in [3.8, 4) is 17.2 Å². The number of esters is 1. The van der Waals surface area contributed by atoms with E-state index in [0.29, 0.717) is 33.9 Å². The minimum Gasteiger partial charge on any atom is -0.489 e. The summed E-state index contributed by atoms with van der Waals surface area (Å²) in [7, 11) is 0. The Morgan fingerprint density at radius 2 is 1.52 bits per heavy atom. The third kappa shape index (κ3) is 5.91. The highest BCUT2D eigenvalue weighted by Gasteiger charge is 2.09. The molecule has 0 saturated carbocycles. The van der Waals surface area contributed by atoms with Gasteiger partial charge in [-0.25, -0.2) is 4.79 Å². The first kappa shape index (κ1) is 19.1. The maximum atomic E-state index is 11.9. The van der Waals surface area contributed by atoms with E-state index in [4.69, 9.17) is 37.4 Å². The minimum absolute atomic E-state index is 0.270. The molecule has 3 rings (SSSR count). The fourth-order valence-corrected chi connectivity index (χ4v) is 2.70. The summed E-state index contributed by atoms with van der Waals surface area (Å²) in [5.74, 6) is 0.905. The monoisotopic (exact) mass is 402 g/mol. The maximum Gasteiger partial charge on any atom is 0.349 e. The molecule has 0 fully saturated rings. The standard InChI is InChI=1S/C21H16Cl2O4/c22-16-6-11-20(19(23)12-16)26-14-21(24)27-18-9-7-17(8-10-18)25-13-15-4-2-1-3-5-15/h1-12H,13-14H2. The van der Waals surface area contributed by atoms with E-state index in [1.165, 1.54) is 6.07 Å². The average molecular weight is 403 g/mol. The first-order valence-corrected chi connectivity index (χ1v) is 8.91. The third-order valence-electron chi connectivity index (χ3n) is 3.54. The van der Waals surface area contributed by atoms with Crippen molar-refractivity contribution in [1.82, 2.24) is 0 Å². The fourth-order valence-electron chi connectivity index (χ4n) is 2.23. The molecule has 0 amide bonds. The van der Waals surface area contributed by atoms with Crippen molar-refractivity contribution in [1.29, 1.82) is 0 Å².